The van der Waals surface area contributed by atoms with Crippen LogP contribution in [0.5, 0.6) is 0 Å². The Balaban J connectivity index is 2.45. The molecule has 0 heterocycles. The van der Waals surface area contributed by atoms with Crippen LogP contribution in [0.1, 0.15) is 5.56 Å². The summed E-state index contributed by atoms with van der Waals surface area (Å²) in [5, 5.41) is 0. The monoisotopic (exact) mass is 247 g/mol. The number of anilines is 2. The molecule has 0 saturated carbocycles. The van der Waals surface area contributed by atoms with Crippen molar-refractivity contribution in [2.24, 2.45) is 0 Å². The molecule has 0 bridgehead atoms. The Labute approximate surface area is 114 Å². The van der Waals surface area contributed by atoms with E-state index < -0.39 is 0 Å². The van der Waals surface area contributed by atoms with Gasteiger partial charge in [-0.1, -0.05) is 56.1 Å². The molecule has 0 aromatic heterocycles. The summed E-state index contributed by atoms with van der Waals surface area (Å²) >= 11 is 0. The van der Waals surface area contributed by atoms with Crippen molar-refractivity contribution in [2.45, 2.75) is 0 Å². The minimum atomic E-state index is 0.845. The molecule has 0 unspecified atom stereocenters. The summed E-state index contributed by atoms with van der Waals surface area (Å²) in [6.07, 6.45) is 3.59. The average Bonchev–Trinajstić information content (AvgIpc) is 2.49. The van der Waals surface area contributed by atoms with Gasteiger partial charge in [0.15, 0.2) is 0 Å². The number of nitrogens with zero attached hydrogens (tertiary/aromatic N) is 1. The highest BCUT2D eigenvalue weighted by Crippen LogP contribution is 2.29. The summed E-state index contributed by atoms with van der Waals surface area (Å²) < 4.78 is 0. The Morgan fingerprint density at radius 3 is 1.95 bits per heavy atom. The fraction of sp³-hybridized carbons (Fsp3) is 0. The van der Waals surface area contributed by atoms with Crippen LogP contribution < -0.4 is 4.90 Å². The predicted molar refractivity (Wildman–Crippen MR) is 84.5 cm³/mol. The maximum Gasteiger partial charge on any atom is 0.0461 e. The van der Waals surface area contributed by atoms with Gasteiger partial charge in [0.2, 0.25) is 0 Å². The van der Waals surface area contributed by atoms with Gasteiger partial charge in [0.1, 0.15) is 0 Å². The summed E-state index contributed by atoms with van der Waals surface area (Å²) in [5.41, 5.74) is 4.07. The molecule has 19 heavy (non-hydrogen) atoms. The minimum absolute atomic E-state index is 0.845. The molecule has 2 aromatic carbocycles. The predicted octanol–water partition coefficient (Wildman–Crippen LogP) is 5.17. The van der Waals surface area contributed by atoms with Crippen LogP contribution in [-0.4, -0.2) is 0 Å². The van der Waals surface area contributed by atoms with Crippen molar-refractivity contribution < 1.29 is 0 Å². The van der Waals surface area contributed by atoms with Crippen molar-refractivity contribution in [1.29, 1.82) is 0 Å². The highest BCUT2D eigenvalue weighted by Gasteiger charge is 2.10. The lowest BCUT2D eigenvalue weighted by Crippen LogP contribution is -2.13. The van der Waals surface area contributed by atoms with Gasteiger partial charge in [-0.25, -0.2) is 0 Å². The molecule has 0 amide bonds. The van der Waals surface area contributed by atoms with Gasteiger partial charge in [-0.15, -0.1) is 0 Å². The summed E-state index contributed by atoms with van der Waals surface area (Å²) in [5.74, 6) is 0. The van der Waals surface area contributed by atoms with Gasteiger partial charge in [-0.3, -0.25) is 0 Å². The van der Waals surface area contributed by atoms with Crippen LogP contribution in [0.2, 0.25) is 0 Å². The molecule has 0 spiro atoms. The standard InChI is InChI=1S/C18H17N/c1-4-15(3)19(17-9-7-6-8-10-17)18-13-11-16(5-2)12-14-18/h4-14H,1-3H2. The lowest BCUT2D eigenvalue weighted by molar-refractivity contribution is 1.22. The molecule has 0 radical (unpaired) electrons. The van der Waals surface area contributed by atoms with Gasteiger partial charge >= 0.3 is 0 Å². The van der Waals surface area contributed by atoms with Crippen molar-refractivity contribution >= 4 is 17.5 Å². The van der Waals surface area contributed by atoms with Crippen molar-refractivity contribution in [3.63, 3.8) is 0 Å². The zero-order valence-electron chi connectivity index (χ0n) is 10.9. The molecule has 94 valence electrons. The molecule has 0 aliphatic rings. The van der Waals surface area contributed by atoms with Crippen molar-refractivity contribution in [2.75, 3.05) is 4.90 Å². The summed E-state index contributed by atoms with van der Waals surface area (Å²) in [6, 6.07) is 18.3. The third-order valence-corrected chi connectivity index (χ3v) is 2.92. The lowest BCUT2D eigenvalue weighted by Gasteiger charge is -2.25. The Morgan fingerprint density at radius 1 is 0.842 bits per heavy atom. The molecule has 1 nitrogen and oxygen atoms in total. The third kappa shape index (κ3) is 2.83. The zero-order chi connectivity index (χ0) is 13.7. The average molecular weight is 247 g/mol. The van der Waals surface area contributed by atoms with Crippen molar-refractivity contribution in [3.8, 4) is 0 Å². The smallest absolute Gasteiger partial charge is 0.0461 e. The Morgan fingerprint density at radius 2 is 1.42 bits per heavy atom. The molecular formula is C18H17N. The normalized spacial score (nSPS) is 9.68. The number of rotatable bonds is 5. The minimum Gasteiger partial charge on any atom is -0.311 e. The maximum absolute atomic E-state index is 4.06. The summed E-state index contributed by atoms with van der Waals surface area (Å²) in [4.78, 5) is 2.07. The van der Waals surface area contributed by atoms with E-state index >= 15 is 0 Å². The van der Waals surface area contributed by atoms with Crippen LogP contribution in [0.25, 0.3) is 6.08 Å². The van der Waals surface area contributed by atoms with Gasteiger partial charge in [-0.2, -0.15) is 0 Å². The Bertz CT molecular complexity index is 579. The molecule has 0 atom stereocenters. The number of allylic oxidation sites excluding steroid dienone is 1. The first-order valence-electron chi connectivity index (χ1n) is 6.15. The SMILES string of the molecule is C=CC(=C)N(c1ccccc1)c1ccc(C=C)cc1. The fourth-order valence-electron chi connectivity index (χ4n) is 1.91. The van der Waals surface area contributed by atoms with Gasteiger partial charge in [0.05, 0.1) is 0 Å². The highest BCUT2D eigenvalue weighted by molar-refractivity contribution is 5.70. The van der Waals surface area contributed by atoms with Gasteiger partial charge < -0.3 is 4.90 Å². The topological polar surface area (TPSA) is 3.24 Å². The van der Waals surface area contributed by atoms with Crippen LogP contribution in [0.15, 0.2) is 86.1 Å². The molecule has 0 aliphatic carbocycles. The van der Waals surface area contributed by atoms with Gasteiger partial charge in [0.25, 0.3) is 0 Å². The number of hydrogen-bond acceptors (Lipinski definition) is 1. The first-order valence-corrected chi connectivity index (χ1v) is 6.15. The second kappa shape index (κ2) is 5.87. The van der Waals surface area contributed by atoms with E-state index in [2.05, 4.69) is 48.9 Å². The first-order chi connectivity index (χ1) is 9.26. The van der Waals surface area contributed by atoms with Crippen molar-refractivity contribution in [1.82, 2.24) is 0 Å². The number of para-hydroxylation sites is 1. The van der Waals surface area contributed by atoms with Crippen LogP contribution in [-0.2, 0) is 0 Å². The fourth-order valence-corrected chi connectivity index (χ4v) is 1.91. The van der Waals surface area contributed by atoms with E-state index in [1.165, 1.54) is 0 Å². The van der Waals surface area contributed by atoms with Crippen LogP contribution in [0.4, 0.5) is 11.4 Å². The number of hydrogen-bond donors (Lipinski definition) is 0. The first kappa shape index (κ1) is 12.9. The molecule has 2 aromatic rings. The van der Waals surface area contributed by atoms with E-state index in [0.29, 0.717) is 0 Å². The molecule has 0 aliphatic heterocycles. The van der Waals surface area contributed by atoms with Crippen LogP contribution in [0, 0.1) is 0 Å². The van der Waals surface area contributed by atoms with E-state index in [1.54, 1.807) is 6.08 Å². The lowest BCUT2D eigenvalue weighted by atomic mass is 10.1. The van der Waals surface area contributed by atoms with Gasteiger partial charge in [0, 0.05) is 17.1 Å². The maximum atomic E-state index is 4.06. The molecule has 0 saturated heterocycles. The zero-order valence-corrected chi connectivity index (χ0v) is 10.9. The Hall–Kier alpha value is -2.54. The van der Waals surface area contributed by atoms with E-state index in [4.69, 9.17) is 0 Å². The summed E-state index contributed by atoms with van der Waals surface area (Å²) in [6.45, 7) is 11.6. The van der Waals surface area contributed by atoms with E-state index in [9.17, 15) is 0 Å². The van der Waals surface area contributed by atoms with E-state index in [0.717, 1.165) is 22.6 Å². The van der Waals surface area contributed by atoms with E-state index in [-0.39, 0.29) is 0 Å². The second-order valence-electron chi connectivity index (χ2n) is 4.16. The molecule has 0 N–H and O–H groups in total. The largest absolute Gasteiger partial charge is 0.311 e. The second-order valence-corrected chi connectivity index (χ2v) is 4.16. The highest BCUT2D eigenvalue weighted by atomic mass is 15.1. The molecule has 2 rings (SSSR count). The molecular weight excluding hydrogens is 230 g/mol. The van der Waals surface area contributed by atoms with Crippen LogP contribution in [0.3, 0.4) is 0 Å². The molecule has 1 heteroatoms. The quantitative estimate of drug-likeness (QED) is 0.659. The summed E-state index contributed by atoms with van der Waals surface area (Å²) in [7, 11) is 0. The van der Waals surface area contributed by atoms with Gasteiger partial charge in [-0.05, 0) is 35.9 Å². The Kier molecular flexibility index (Phi) is 3.99. The third-order valence-electron chi connectivity index (χ3n) is 2.92. The van der Waals surface area contributed by atoms with Crippen molar-refractivity contribution in [3.05, 3.63) is 91.7 Å². The molecule has 0 fully saturated rings. The number of benzene rings is 2. The van der Waals surface area contributed by atoms with E-state index in [1.807, 2.05) is 36.4 Å². The van der Waals surface area contributed by atoms with Crippen LogP contribution >= 0.6 is 0 Å².